The molecule has 0 saturated heterocycles. The van der Waals surface area contributed by atoms with Crippen LogP contribution in [0.5, 0.6) is 0 Å². The van der Waals surface area contributed by atoms with Crippen molar-refractivity contribution in [3.63, 3.8) is 0 Å². The Labute approximate surface area is 146 Å². The highest BCUT2D eigenvalue weighted by atomic mass is 19.1. The molecule has 0 spiro atoms. The molecular weight excluding hydrogens is 319 g/mol. The number of hydrazine groups is 1. The van der Waals surface area contributed by atoms with Crippen LogP contribution in [0.4, 0.5) is 4.39 Å². The Morgan fingerprint density at radius 1 is 1.08 bits per heavy atom. The Morgan fingerprint density at radius 2 is 1.80 bits per heavy atom. The summed E-state index contributed by atoms with van der Waals surface area (Å²) in [6.45, 7) is 2.04. The normalized spacial score (nSPS) is 15.1. The molecule has 2 N–H and O–H groups in total. The van der Waals surface area contributed by atoms with Crippen LogP contribution < -0.4 is 10.9 Å². The van der Waals surface area contributed by atoms with Gasteiger partial charge in [-0.05, 0) is 54.7 Å². The zero-order chi connectivity index (χ0) is 17.9. The Kier molecular flexibility index (Phi) is 4.83. The second-order valence-electron chi connectivity index (χ2n) is 6.40. The number of nitrogens with one attached hydrogen (secondary N) is 2. The van der Waals surface area contributed by atoms with Crippen LogP contribution in [0.25, 0.3) is 0 Å². The number of halogens is 1. The molecule has 25 heavy (non-hydrogen) atoms. The van der Waals surface area contributed by atoms with Crippen molar-refractivity contribution in [3.05, 3.63) is 71.0 Å². The van der Waals surface area contributed by atoms with Crippen molar-refractivity contribution in [2.24, 2.45) is 0 Å². The Bertz CT molecular complexity index is 783. The van der Waals surface area contributed by atoms with Crippen molar-refractivity contribution in [1.82, 2.24) is 10.9 Å². The number of carbonyl (C=O) groups is 2. The van der Waals surface area contributed by atoms with Crippen LogP contribution in [0.2, 0.25) is 0 Å². The highest BCUT2D eigenvalue weighted by molar-refractivity contribution is 5.97. The lowest BCUT2D eigenvalue weighted by atomic mass is 9.64. The molecule has 130 valence electrons. The molecule has 4 nitrogen and oxygen atoms in total. The van der Waals surface area contributed by atoms with Crippen molar-refractivity contribution in [2.45, 2.75) is 38.0 Å². The van der Waals surface area contributed by atoms with Gasteiger partial charge in [-0.25, -0.2) is 4.39 Å². The minimum absolute atomic E-state index is 0.303. The Morgan fingerprint density at radius 3 is 2.36 bits per heavy atom. The smallest absolute Gasteiger partial charge is 0.269 e. The number of carbonyl (C=O) groups excluding carboxylic acids is 2. The monoisotopic (exact) mass is 340 g/mol. The summed E-state index contributed by atoms with van der Waals surface area (Å²) >= 11 is 0. The fraction of sp³-hybridized carbons (Fsp3) is 0.300. The highest BCUT2D eigenvalue weighted by Crippen LogP contribution is 2.44. The molecule has 0 aromatic heterocycles. The number of rotatable bonds is 4. The first-order valence-electron chi connectivity index (χ1n) is 8.51. The molecule has 1 fully saturated rings. The summed E-state index contributed by atoms with van der Waals surface area (Å²) in [6, 6.07) is 13.3. The molecule has 1 aliphatic rings. The van der Waals surface area contributed by atoms with Gasteiger partial charge in [0.2, 0.25) is 5.91 Å². The van der Waals surface area contributed by atoms with Crippen molar-refractivity contribution in [1.29, 1.82) is 0 Å². The van der Waals surface area contributed by atoms with E-state index in [0.29, 0.717) is 24.0 Å². The average Bonchev–Trinajstić information content (AvgIpc) is 2.59. The molecule has 0 heterocycles. The molecule has 0 unspecified atom stereocenters. The maximum atomic E-state index is 13.5. The van der Waals surface area contributed by atoms with Crippen LogP contribution >= 0.6 is 0 Å². The molecule has 1 saturated carbocycles. The van der Waals surface area contributed by atoms with Crippen LogP contribution in [-0.2, 0) is 16.6 Å². The summed E-state index contributed by atoms with van der Waals surface area (Å²) in [6.07, 6.45) is 3.08. The van der Waals surface area contributed by atoms with Crippen LogP contribution in [0, 0.1) is 5.82 Å². The van der Waals surface area contributed by atoms with E-state index in [1.807, 2.05) is 19.1 Å². The molecule has 0 aliphatic heterocycles. The van der Waals surface area contributed by atoms with Crippen molar-refractivity contribution in [3.8, 4) is 0 Å². The van der Waals surface area contributed by atoms with Gasteiger partial charge in [0, 0.05) is 5.56 Å². The summed E-state index contributed by atoms with van der Waals surface area (Å²) in [5, 5.41) is 0. The summed E-state index contributed by atoms with van der Waals surface area (Å²) < 4.78 is 13.5. The fourth-order valence-electron chi connectivity index (χ4n) is 3.16. The molecular formula is C20H21FN2O2. The van der Waals surface area contributed by atoms with Gasteiger partial charge < -0.3 is 0 Å². The van der Waals surface area contributed by atoms with Gasteiger partial charge in [0.1, 0.15) is 5.82 Å². The fourth-order valence-corrected chi connectivity index (χ4v) is 3.16. The largest absolute Gasteiger partial charge is 0.272 e. The summed E-state index contributed by atoms with van der Waals surface area (Å²) in [5.41, 5.74) is 6.48. The Hall–Kier alpha value is -2.69. The van der Waals surface area contributed by atoms with E-state index in [1.54, 1.807) is 24.3 Å². The number of benzene rings is 2. The van der Waals surface area contributed by atoms with Gasteiger partial charge in [0.25, 0.3) is 5.91 Å². The predicted molar refractivity (Wildman–Crippen MR) is 93.4 cm³/mol. The summed E-state index contributed by atoms with van der Waals surface area (Å²) in [5.74, 6) is -1.04. The third-order valence-electron chi connectivity index (χ3n) is 4.93. The first-order valence-corrected chi connectivity index (χ1v) is 8.51. The van der Waals surface area contributed by atoms with Gasteiger partial charge >= 0.3 is 0 Å². The number of hydrogen-bond acceptors (Lipinski definition) is 2. The topological polar surface area (TPSA) is 58.2 Å². The second-order valence-corrected chi connectivity index (χ2v) is 6.40. The van der Waals surface area contributed by atoms with Gasteiger partial charge in [0.05, 0.1) is 5.41 Å². The molecule has 0 bridgehead atoms. The number of amides is 2. The maximum Gasteiger partial charge on any atom is 0.269 e. The van der Waals surface area contributed by atoms with Gasteiger partial charge in [-0.1, -0.05) is 37.6 Å². The SMILES string of the molecule is CCc1ccc(C(=O)NNC(=O)C2(c3cccc(F)c3)CCC2)cc1. The van der Waals surface area contributed by atoms with E-state index in [9.17, 15) is 14.0 Å². The number of hydrogen-bond donors (Lipinski definition) is 2. The third-order valence-corrected chi connectivity index (χ3v) is 4.93. The molecule has 5 heteroatoms. The molecule has 3 rings (SSSR count). The van der Waals surface area contributed by atoms with E-state index >= 15 is 0 Å². The minimum atomic E-state index is -0.762. The third kappa shape index (κ3) is 3.40. The van der Waals surface area contributed by atoms with Crippen LogP contribution in [-0.4, -0.2) is 11.8 Å². The second kappa shape index (κ2) is 7.05. The van der Waals surface area contributed by atoms with Gasteiger partial charge in [0.15, 0.2) is 0 Å². The van der Waals surface area contributed by atoms with E-state index in [-0.39, 0.29) is 17.6 Å². The van der Waals surface area contributed by atoms with E-state index in [1.165, 1.54) is 12.1 Å². The quantitative estimate of drug-likeness (QED) is 0.839. The standard InChI is InChI=1S/C20H21FN2O2/c1-2-14-7-9-15(10-8-14)18(24)22-23-19(25)20(11-4-12-20)16-5-3-6-17(21)13-16/h3,5-10,13H,2,4,11-12H2,1H3,(H,22,24)(H,23,25). The molecule has 2 aromatic carbocycles. The Balaban J connectivity index is 1.67. The summed E-state index contributed by atoms with van der Waals surface area (Å²) in [7, 11) is 0. The lowest BCUT2D eigenvalue weighted by Crippen LogP contribution is -2.54. The van der Waals surface area contributed by atoms with Crippen LogP contribution in [0.1, 0.15) is 47.7 Å². The summed E-state index contributed by atoms with van der Waals surface area (Å²) in [4.78, 5) is 24.8. The lowest BCUT2D eigenvalue weighted by Gasteiger charge is -2.40. The average molecular weight is 340 g/mol. The van der Waals surface area contributed by atoms with Gasteiger partial charge in [-0.2, -0.15) is 0 Å². The minimum Gasteiger partial charge on any atom is -0.272 e. The molecule has 1 aliphatic carbocycles. The van der Waals surface area contributed by atoms with E-state index < -0.39 is 5.41 Å². The van der Waals surface area contributed by atoms with Gasteiger partial charge in [-0.3, -0.25) is 20.4 Å². The predicted octanol–water partition coefficient (Wildman–Crippen LogP) is 3.27. The van der Waals surface area contributed by atoms with Crippen molar-refractivity contribution < 1.29 is 14.0 Å². The van der Waals surface area contributed by atoms with Crippen LogP contribution in [0.3, 0.4) is 0 Å². The van der Waals surface area contributed by atoms with Crippen molar-refractivity contribution in [2.75, 3.05) is 0 Å². The molecule has 2 amide bonds. The molecule has 2 aromatic rings. The lowest BCUT2D eigenvalue weighted by molar-refractivity contribution is -0.130. The van der Waals surface area contributed by atoms with Crippen LogP contribution in [0.15, 0.2) is 48.5 Å². The molecule has 0 radical (unpaired) electrons. The first-order chi connectivity index (χ1) is 12.0. The van der Waals surface area contributed by atoms with Gasteiger partial charge in [-0.15, -0.1) is 0 Å². The molecule has 0 atom stereocenters. The van der Waals surface area contributed by atoms with E-state index in [4.69, 9.17) is 0 Å². The number of aryl methyl sites for hydroxylation is 1. The zero-order valence-electron chi connectivity index (χ0n) is 14.1. The highest BCUT2D eigenvalue weighted by Gasteiger charge is 2.46. The maximum absolute atomic E-state index is 13.5. The van der Waals surface area contributed by atoms with E-state index in [2.05, 4.69) is 10.9 Å². The van der Waals surface area contributed by atoms with E-state index in [0.717, 1.165) is 18.4 Å². The zero-order valence-corrected chi connectivity index (χ0v) is 14.1. The first kappa shape index (κ1) is 17.1. The van der Waals surface area contributed by atoms with Crippen molar-refractivity contribution >= 4 is 11.8 Å².